The van der Waals surface area contributed by atoms with Crippen molar-refractivity contribution in [3.05, 3.63) is 23.8 Å². The second-order valence-electron chi connectivity index (χ2n) is 6.77. The van der Waals surface area contributed by atoms with Crippen LogP contribution in [0, 0.1) is 0 Å². The molecule has 2 heterocycles. The highest BCUT2D eigenvalue weighted by atomic mass is 16.2. The van der Waals surface area contributed by atoms with Gasteiger partial charge in [0.1, 0.15) is 6.04 Å². The maximum absolute atomic E-state index is 12.0. The Labute approximate surface area is 126 Å². The first-order valence-electron chi connectivity index (χ1n) is 7.44. The minimum absolute atomic E-state index is 0.0270. The minimum Gasteiger partial charge on any atom is -0.368 e. The van der Waals surface area contributed by atoms with Gasteiger partial charge in [0.25, 0.3) is 0 Å². The van der Waals surface area contributed by atoms with Crippen molar-refractivity contribution in [3.63, 3.8) is 0 Å². The van der Waals surface area contributed by atoms with E-state index in [0.717, 1.165) is 30.9 Å². The largest absolute Gasteiger partial charge is 0.368 e. The van der Waals surface area contributed by atoms with Gasteiger partial charge in [-0.2, -0.15) is 0 Å². The minimum atomic E-state index is -0.511. The zero-order chi connectivity index (χ0) is 15.4. The Morgan fingerprint density at radius 1 is 1.24 bits per heavy atom. The first kappa shape index (κ1) is 14.4. The highest BCUT2D eigenvalue weighted by Crippen LogP contribution is 2.37. The molecule has 3 rings (SSSR count). The Kier molecular flexibility index (Phi) is 3.22. The number of likely N-dealkylation sites (N-methyl/N-ethyl adjacent to an activating group) is 2. The van der Waals surface area contributed by atoms with Crippen LogP contribution in [0.2, 0.25) is 0 Å². The molecular weight excluding hydrogens is 264 g/mol. The maximum atomic E-state index is 12.0. The summed E-state index contributed by atoms with van der Waals surface area (Å²) in [6.07, 6.45) is 0. The zero-order valence-electron chi connectivity index (χ0n) is 13.3. The molecule has 1 saturated heterocycles. The first-order chi connectivity index (χ1) is 9.81. The van der Waals surface area contributed by atoms with Crippen LogP contribution in [0.1, 0.15) is 25.5 Å². The molecule has 0 bridgehead atoms. The van der Waals surface area contributed by atoms with Crippen molar-refractivity contribution in [1.82, 2.24) is 4.90 Å². The van der Waals surface area contributed by atoms with Crippen LogP contribution in [0.3, 0.4) is 0 Å². The number of piperazine rings is 1. The Bertz CT molecular complexity index is 584. The molecule has 1 amide bonds. The smallest absolute Gasteiger partial charge is 0.248 e. The molecule has 1 aromatic rings. The van der Waals surface area contributed by atoms with Gasteiger partial charge in [0.2, 0.25) is 5.91 Å². The normalized spacial score (nSPS) is 25.4. The number of hydrogen-bond donors (Lipinski definition) is 1. The molecule has 114 valence electrons. The predicted octanol–water partition coefficient (Wildman–Crippen LogP) is 1.19. The molecule has 5 heteroatoms. The van der Waals surface area contributed by atoms with Crippen molar-refractivity contribution in [2.75, 3.05) is 43.5 Å². The third-order valence-corrected chi connectivity index (χ3v) is 4.99. The molecule has 1 atom stereocenters. The Hall–Kier alpha value is -1.59. The Morgan fingerprint density at radius 3 is 2.62 bits per heavy atom. The fourth-order valence-corrected chi connectivity index (χ4v) is 3.20. The summed E-state index contributed by atoms with van der Waals surface area (Å²) in [7, 11) is 3.97. The SMILES string of the molecule is CN1C(=O)C(N)c2ccc(N3CCN(C)C(C)(C)C3)cc21. The van der Waals surface area contributed by atoms with Crippen molar-refractivity contribution in [1.29, 1.82) is 0 Å². The molecule has 0 aromatic heterocycles. The monoisotopic (exact) mass is 288 g/mol. The Morgan fingerprint density at radius 2 is 1.95 bits per heavy atom. The molecule has 0 aliphatic carbocycles. The number of benzene rings is 1. The number of rotatable bonds is 1. The molecule has 0 radical (unpaired) electrons. The van der Waals surface area contributed by atoms with Gasteiger partial charge in [-0.3, -0.25) is 9.69 Å². The molecule has 0 saturated carbocycles. The summed E-state index contributed by atoms with van der Waals surface area (Å²) < 4.78 is 0. The van der Waals surface area contributed by atoms with Crippen LogP contribution >= 0.6 is 0 Å². The van der Waals surface area contributed by atoms with Crippen LogP contribution in [-0.2, 0) is 4.79 Å². The van der Waals surface area contributed by atoms with Crippen molar-refractivity contribution in [2.24, 2.45) is 5.73 Å². The van der Waals surface area contributed by atoms with E-state index in [-0.39, 0.29) is 11.4 Å². The van der Waals surface area contributed by atoms with E-state index >= 15 is 0 Å². The first-order valence-corrected chi connectivity index (χ1v) is 7.44. The van der Waals surface area contributed by atoms with E-state index in [1.807, 2.05) is 6.07 Å². The number of anilines is 2. The molecule has 1 fully saturated rings. The van der Waals surface area contributed by atoms with E-state index in [1.165, 1.54) is 5.69 Å². The third-order valence-electron chi connectivity index (χ3n) is 4.99. The molecule has 2 aliphatic rings. The van der Waals surface area contributed by atoms with Crippen LogP contribution in [0.15, 0.2) is 18.2 Å². The lowest BCUT2D eigenvalue weighted by Crippen LogP contribution is -2.57. The van der Waals surface area contributed by atoms with E-state index in [1.54, 1.807) is 11.9 Å². The van der Waals surface area contributed by atoms with Gasteiger partial charge < -0.3 is 15.5 Å². The maximum Gasteiger partial charge on any atom is 0.248 e. The van der Waals surface area contributed by atoms with Crippen molar-refractivity contribution < 1.29 is 4.79 Å². The van der Waals surface area contributed by atoms with Crippen molar-refractivity contribution in [2.45, 2.75) is 25.4 Å². The fraction of sp³-hybridized carbons (Fsp3) is 0.562. The van der Waals surface area contributed by atoms with Gasteiger partial charge >= 0.3 is 0 Å². The third kappa shape index (κ3) is 2.21. The van der Waals surface area contributed by atoms with Crippen LogP contribution in [0.4, 0.5) is 11.4 Å². The molecule has 2 aliphatic heterocycles. The Balaban J connectivity index is 1.91. The average Bonchev–Trinajstić information content (AvgIpc) is 2.66. The van der Waals surface area contributed by atoms with Gasteiger partial charge in [-0.15, -0.1) is 0 Å². The highest BCUT2D eigenvalue weighted by Gasteiger charge is 2.34. The van der Waals surface area contributed by atoms with Crippen molar-refractivity contribution in [3.8, 4) is 0 Å². The van der Waals surface area contributed by atoms with Gasteiger partial charge in [-0.25, -0.2) is 0 Å². The summed E-state index contributed by atoms with van der Waals surface area (Å²) in [6.45, 7) is 7.54. The van der Waals surface area contributed by atoms with Gasteiger partial charge in [0.05, 0.1) is 5.69 Å². The van der Waals surface area contributed by atoms with Crippen molar-refractivity contribution >= 4 is 17.3 Å². The van der Waals surface area contributed by atoms with Gasteiger partial charge in [0.15, 0.2) is 0 Å². The van der Waals surface area contributed by atoms with E-state index in [2.05, 4.69) is 42.8 Å². The second-order valence-corrected chi connectivity index (χ2v) is 6.77. The lowest BCUT2D eigenvalue weighted by atomic mass is 9.99. The van der Waals surface area contributed by atoms with Crippen LogP contribution in [-0.4, -0.2) is 50.1 Å². The number of amides is 1. The van der Waals surface area contributed by atoms with E-state index in [4.69, 9.17) is 5.73 Å². The fourth-order valence-electron chi connectivity index (χ4n) is 3.20. The molecule has 1 aromatic carbocycles. The number of fused-ring (bicyclic) bond motifs is 1. The lowest BCUT2D eigenvalue weighted by molar-refractivity contribution is -0.118. The van der Waals surface area contributed by atoms with Crippen LogP contribution in [0.25, 0.3) is 0 Å². The summed E-state index contributed by atoms with van der Waals surface area (Å²) in [5.41, 5.74) is 9.15. The highest BCUT2D eigenvalue weighted by molar-refractivity contribution is 6.04. The summed E-state index contributed by atoms with van der Waals surface area (Å²) in [4.78, 5) is 18.4. The molecular formula is C16H24N4O. The van der Waals surface area contributed by atoms with E-state index < -0.39 is 6.04 Å². The standard InChI is InChI=1S/C16H24N4O/c1-16(2)10-20(8-7-18(16)3)11-5-6-12-13(9-11)19(4)15(21)14(12)17/h5-6,9,14H,7-8,10,17H2,1-4H3. The number of carbonyl (C=O) groups is 1. The molecule has 1 unspecified atom stereocenters. The van der Waals surface area contributed by atoms with Gasteiger partial charge in [0, 0.05) is 43.5 Å². The molecule has 21 heavy (non-hydrogen) atoms. The lowest BCUT2D eigenvalue weighted by Gasteiger charge is -2.46. The quantitative estimate of drug-likeness (QED) is 0.843. The zero-order valence-corrected chi connectivity index (χ0v) is 13.3. The summed E-state index contributed by atoms with van der Waals surface area (Å²) >= 11 is 0. The molecule has 0 spiro atoms. The number of nitrogens with zero attached hydrogens (tertiary/aromatic N) is 3. The van der Waals surface area contributed by atoms with Crippen LogP contribution < -0.4 is 15.5 Å². The van der Waals surface area contributed by atoms with Crippen LogP contribution in [0.5, 0.6) is 0 Å². The molecule has 2 N–H and O–H groups in total. The van der Waals surface area contributed by atoms with E-state index in [9.17, 15) is 4.79 Å². The summed E-state index contributed by atoms with van der Waals surface area (Å²) in [5, 5.41) is 0. The number of carbonyl (C=O) groups excluding carboxylic acids is 1. The average molecular weight is 288 g/mol. The summed E-state index contributed by atoms with van der Waals surface area (Å²) in [6, 6.07) is 5.68. The van der Waals surface area contributed by atoms with E-state index in [0.29, 0.717) is 0 Å². The summed E-state index contributed by atoms with van der Waals surface area (Å²) in [5.74, 6) is -0.0270. The van der Waals surface area contributed by atoms with Gasteiger partial charge in [-0.05, 0) is 33.0 Å². The second kappa shape index (κ2) is 4.71. The predicted molar refractivity (Wildman–Crippen MR) is 85.7 cm³/mol. The topological polar surface area (TPSA) is 52.8 Å². The van der Waals surface area contributed by atoms with Gasteiger partial charge in [-0.1, -0.05) is 6.07 Å². The molecule has 5 nitrogen and oxygen atoms in total. The number of hydrogen-bond acceptors (Lipinski definition) is 4. The number of nitrogens with two attached hydrogens (primary N) is 1.